The number of rotatable bonds is 7. The first-order valence-corrected chi connectivity index (χ1v) is 11.3. The van der Waals surface area contributed by atoms with Gasteiger partial charge in [-0.1, -0.05) is 6.07 Å². The molecular formula is C22H20N4O3S2. The van der Waals surface area contributed by atoms with E-state index in [1.165, 1.54) is 33.4 Å². The van der Waals surface area contributed by atoms with Crippen molar-refractivity contribution in [2.75, 3.05) is 7.11 Å². The first kappa shape index (κ1) is 21.0. The topological polar surface area (TPSA) is 86.1 Å². The maximum absolute atomic E-state index is 12.7. The molecule has 1 N–H and O–H groups in total. The number of aromatic nitrogens is 3. The highest BCUT2D eigenvalue weighted by Gasteiger charge is 2.18. The second kappa shape index (κ2) is 9.23. The van der Waals surface area contributed by atoms with E-state index >= 15 is 0 Å². The number of methoxy groups -OCH3 is 1. The third kappa shape index (κ3) is 4.73. The summed E-state index contributed by atoms with van der Waals surface area (Å²) in [7, 11) is 1.63. The molecule has 0 radical (unpaired) electrons. The molecule has 4 aromatic rings. The largest absolute Gasteiger partial charge is 0.497 e. The maximum atomic E-state index is 12.7. The van der Waals surface area contributed by atoms with Crippen molar-refractivity contribution in [2.45, 2.75) is 19.5 Å². The lowest BCUT2D eigenvalue weighted by Crippen LogP contribution is -2.36. The molecular weight excluding hydrogens is 432 g/mol. The van der Waals surface area contributed by atoms with Gasteiger partial charge in [-0.15, -0.1) is 22.7 Å². The van der Waals surface area contributed by atoms with Crippen LogP contribution in [0.25, 0.3) is 21.1 Å². The molecule has 1 unspecified atom stereocenters. The van der Waals surface area contributed by atoms with Crippen molar-refractivity contribution in [3.8, 4) is 26.9 Å². The molecule has 31 heavy (non-hydrogen) atoms. The minimum absolute atomic E-state index is 0.273. The highest BCUT2D eigenvalue weighted by Crippen LogP contribution is 2.26. The molecule has 158 valence electrons. The summed E-state index contributed by atoms with van der Waals surface area (Å²) in [6.07, 6.45) is 0. The molecule has 1 atom stereocenters. The summed E-state index contributed by atoms with van der Waals surface area (Å²) >= 11 is 3.03. The number of hydrogen-bond acceptors (Lipinski definition) is 7. The lowest BCUT2D eigenvalue weighted by atomic mass is 10.2. The Balaban J connectivity index is 1.43. The maximum Gasteiger partial charge on any atom is 0.267 e. The van der Waals surface area contributed by atoms with Crippen LogP contribution in [0.5, 0.6) is 5.75 Å². The zero-order valence-corrected chi connectivity index (χ0v) is 18.6. The number of carbonyl (C=O) groups excluding carboxylic acids is 1. The molecule has 1 aromatic carbocycles. The quantitative estimate of drug-likeness (QED) is 0.458. The Morgan fingerprint density at radius 3 is 2.68 bits per heavy atom. The van der Waals surface area contributed by atoms with Gasteiger partial charge >= 0.3 is 0 Å². The SMILES string of the molecule is COc1ccc(-c2nc(CNC(=O)C(C)n3nc(-c4cccs4)ccc3=O)cs2)cc1. The molecule has 0 bridgehead atoms. The zero-order chi connectivity index (χ0) is 21.8. The van der Waals surface area contributed by atoms with E-state index < -0.39 is 6.04 Å². The fourth-order valence-corrected chi connectivity index (χ4v) is 4.47. The van der Waals surface area contributed by atoms with Gasteiger partial charge < -0.3 is 10.1 Å². The van der Waals surface area contributed by atoms with E-state index in [2.05, 4.69) is 15.4 Å². The number of carbonyl (C=O) groups is 1. The second-order valence-electron chi connectivity index (χ2n) is 6.74. The van der Waals surface area contributed by atoms with Crippen molar-refractivity contribution in [1.82, 2.24) is 20.1 Å². The predicted octanol–water partition coefficient (Wildman–Crippen LogP) is 3.98. The first-order chi connectivity index (χ1) is 15.0. The molecule has 0 aliphatic rings. The summed E-state index contributed by atoms with van der Waals surface area (Å²) in [6.45, 7) is 1.93. The summed E-state index contributed by atoms with van der Waals surface area (Å²) in [4.78, 5) is 30.5. The Morgan fingerprint density at radius 2 is 1.97 bits per heavy atom. The summed E-state index contributed by atoms with van der Waals surface area (Å²) in [5.74, 6) is 0.491. The number of thiazole rings is 1. The standard InChI is InChI=1S/C22H20N4O3S2/c1-14(26-20(27)10-9-18(25-26)19-4-3-11-30-19)21(28)23-12-16-13-31-22(24-16)15-5-7-17(29-2)8-6-15/h3-11,13-14H,12H2,1-2H3,(H,23,28). The van der Waals surface area contributed by atoms with E-state index in [0.717, 1.165) is 26.9 Å². The predicted molar refractivity (Wildman–Crippen MR) is 122 cm³/mol. The third-order valence-electron chi connectivity index (χ3n) is 4.68. The minimum atomic E-state index is -0.743. The number of thiophene rings is 1. The average Bonchev–Trinajstić information content (AvgIpc) is 3.50. The number of hydrogen-bond donors (Lipinski definition) is 1. The molecule has 0 fully saturated rings. The Bertz CT molecular complexity index is 1230. The van der Waals surface area contributed by atoms with E-state index in [1.54, 1.807) is 20.1 Å². The van der Waals surface area contributed by atoms with Crippen LogP contribution in [0.1, 0.15) is 18.7 Å². The third-order valence-corrected chi connectivity index (χ3v) is 6.51. The summed E-state index contributed by atoms with van der Waals surface area (Å²) in [6, 6.07) is 13.9. The molecule has 1 amide bonds. The van der Waals surface area contributed by atoms with Gasteiger partial charge in [-0.25, -0.2) is 9.67 Å². The molecule has 7 nitrogen and oxygen atoms in total. The Kier molecular flexibility index (Phi) is 6.24. The van der Waals surface area contributed by atoms with Crippen LogP contribution in [-0.4, -0.2) is 27.8 Å². The highest BCUT2D eigenvalue weighted by molar-refractivity contribution is 7.13. The number of benzene rings is 1. The van der Waals surface area contributed by atoms with Gasteiger partial charge in [0.05, 0.1) is 24.2 Å². The number of amides is 1. The number of ether oxygens (including phenoxy) is 1. The van der Waals surface area contributed by atoms with Crippen LogP contribution in [0, 0.1) is 0 Å². The van der Waals surface area contributed by atoms with E-state index in [9.17, 15) is 9.59 Å². The van der Waals surface area contributed by atoms with E-state index in [0.29, 0.717) is 5.69 Å². The zero-order valence-electron chi connectivity index (χ0n) is 16.9. The minimum Gasteiger partial charge on any atom is -0.497 e. The molecule has 3 heterocycles. The van der Waals surface area contributed by atoms with Gasteiger partial charge in [0.25, 0.3) is 5.56 Å². The average molecular weight is 453 g/mol. The highest BCUT2D eigenvalue weighted by atomic mass is 32.1. The van der Waals surface area contributed by atoms with E-state index in [4.69, 9.17) is 4.74 Å². The lowest BCUT2D eigenvalue weighted by Gasteiger charge is -2.14. The molecule has 0 saturated heterocycles. The fraction of sp³-hybridized carbons (Fsp3) is 0.182. The van der Waals surface area contributed by atoms with Crippen molar-refractivity contribution in [2.24, 2.45) is 0 Å². The van der Waals surface area contributed by atoms with Crippen molar-refractivity contribution in [1.29, 1.82) is 0 Å². The van der Waals surface area contributed by atoms with Gasteiger partial charge in [-0.2, -0.15) is 5.10 Å². The van der Waals surface area contributed by atoms with Crippen LogP contribution in [0.4, 0.5) is 0 Å². The molecule has 0 aliphatic heterocycles. The van der Waals surface area contributed by atoms with Crippen molar-refractivity contribution in [3.63, 3.8) is 0 Å². The first-order valence-electron chi connectivity index (χ1n) is 9.55. The number of nitrogens with zero attached hydrogens (tertiary/aromatic N) is 3. The van der Waals surface area contributed by atoms with Crippen LogP contribution in [0.15, 0.2) is 64.1 Å². The Hall–Kier alpha value is -3.30. The van der Waals surface area contributed by atoms with Gasteiger partial charge in [0.2, 0.25) is 5.91 Å². The molecule has 0 spiro atoms. The summed E-state index contributed by atoms with van der Waals surface area (Å²) in [5.41, 5.74) is 2.08. The van der Waals surface area contributed by atoms with Crippen LogP contribution >= 0.6 is 22.7 Å². The lowest BCUT2D eigenvalue weighted by molar-refractivity contribution is -0.124. The van der Waals surface area contributed by atoms with Gasteiger partial charge in [0.1, 0.15) is 22.5 Å². The van der Waals surface area contributed by atoms with Gasteiger partial charge in [0.15, 0.2) is 0 Å². The molecule has 3 aromatic heterocycles. The number of nitrogens with one attached hydrogen (secondary N) is 1. The van der Waals surface area contributed by atoms with Gasteiger partial charge in [-0.05, 0) is 48.7 Å². The summed E-state index contributed by atoms with van der Waals surface area (Å²) < 4.78 is 6.39. The second-order valence-corrected chi connectivity index (χ2v) is 8.55. The monoisotopic (exact) mass is 452 g/mol. The molecule has 0 saturated carbocycles. The summed E-state index contributed by atoms with van der Waals surface area (Å²) in [5, 5.41) is 11.9. The molecule has 9 heteroatoms. The van der Waals surface area contributed by atoms with Crippen LogP contribution in [-0.2, 0) is 11.3 Å². The van der Waals surface area contributed by atoms with E-state index in [1.807, 2.05) is 47.2 Å². The normalized spacial score (nSPS) is 11.8. The smallest absolute Gasteiger partial charge is 0.267 e. The Labute approximate surface area is 187 Å². The van der Waals surface area contributed by atoms with Crippen molar-refractivity contribution >= 4 is 28.6 Å². The fourth-order valence-electron chi connectivity index (χ4n) is 2.95. The van der Waals surface area contributed by atoms with Crippen LogP contribution in [0.3, 0.4) is 0 Å². The molecule has 0 aliphatic carbocycles. The van der Waals surface area contributed by atoms with Crippen LogP contribution in [0.2, 0.25) is 0 Å². The van der Waals surface area contributed by atoms with Crippen molar-refractivity contribution in [3.05, 3.63) is 75.3 Å². The Morgan fingerprint density at radius 1 is 1.16 bits per heavy atom. The van der Waals surface area contributed by atoms with Crippen molar-refractivity contribution < 1.29 is 9.53 Å². The van der Waals surface area contributed by atoms with E-state index in [-0.39, 0.29) is 18.0 Å². The molecule has 4 rings (SSSR count). The van der Waals surface area contributed by atoms with Crippen LogP contribution < -0.4 is 15.6 Å². The van der Waals surface area contributed by atoms with Gasteiger partial charge in [0, 0.05) is 17.0 Å². The van der Waals surface area contributed by atoms with Gasteiger partial charge in [-0.3, -0.25) is 9.59 Å².